The van der Waals surface area contributed by atoms with E-state index in [0.717, 1.165) is 54.7 Å². The van der Waals surface area contributed by atoms with Crippen LogP contribution in [0.3, 0.4) is 0 Å². The van der Waals surface area contributed by atoms with E-state index in [-0.39, 0.29) is 5.78 Å². The Bertz CT molecular complexity index is 909. The van der Waals surface area contributed by atoms with Crippen LogP contribution in [0.15, 0.2) is 52.9 Å². The first kappa shape index (κ1) is 20.2. The SMILES string of the molecule is CCCCc1oc2ccccc2c1C(=O)c1ccc(OCCCN(C)C)cc1. The van der Waals surface area contributed by atoms with Gasteiger partial charge < -0.3 is 14.1 Å². The van der Waals surface area contributed by atoms with E-state index < -0.39 is 0 Å². The molecule has 28 heavy (non-hydrogen) atoms. The van der Waals surface area contributed by atoms with Crippen molar-refractivity contribution < 1.29 is 13.9 Å². The molecule has 3 aromatic rings. The maximum absolute atomic E-state index is 13.2. The van der Waals surface area contributed by atoms with Crippen LogP contribution >= 0.6 is 0 Å². The Balaban J connectivity index is 1.78. The normalized spacial score (nSPS) is 11.3. The standard InChI is InChI=1S/C24H29NO3/c1-4-5-10-22-23(20-9-6-7-11-21(20)28-22)24(26)18-12-14-19(15-13-18)27-17-8-16-25(2)3/h6-7,9,11-15H,4-5,8,10,16-17H2,1-3H3. The first-order valence-electron chi connectivity index (χ1n) is 10.0. The van der Waals surface area contributed by atoms with Gasteiger partial charge in [-0.2, -0.15) is 0 Å². The van der Waals surface area contributed by atoms with Crippen LogP contribution < -0.4 is 4.74 Å². The van der Waals surface area contributed by atoms with E-state index in [1.165, 1.54) is 0 Å². The number of ketones is 1. The zero-order chi connectivity index (χ0) is 19.9. The summed E-state index contributed by atoms with van der Waals surface area (Å²) in [5.74, 6) is 1.59. The summed E-state index contributed by atoms with van der Waals surface area (Å²) in [6, 6.07) is 15.2. The van der Waals surface area contributed by atoms with Gasteiger partial charge in [-0.25, -0.2) is 0 Å². The highest BCUT2D eigenvalue weighted by Crippen LogP contribution is 2.29. The molecule has 0 bridgehead atoms. The van der Waals surface area contributed by atoms with E-state index >= 15 is 0 Å². The average molecular weight is 380 g/mol. The fraction of sp³-hybridized carbons (Fsp3) is 0.375. The van der Waals surface area contributed by atoms with E-state index in [0.29, 0.717) is 17.7 Å². The van der Waals surface area contributed by atoms with Gasteiger partial charge in [0, 0.05) is 23.9 Å². The van der Waals surface area contributed by atoms with Gasteiger partial charge >= 0.3 is 0 Å². The van der Waals surface area contributed by atoms with Gasteiger partial charge in [-0.05, 0) is 57.3 Å². The number of nitrogens with zero attached hydrogens (tertiary/aromatic N) is 1. The molecule has 0 N–H and O–H groups in total. The Morgan fingerprint density at radius 2 is 1.79 bits per heavy atom. The Morgan fingerprint density at radius 3 is 2.50 bits per heavy atom. The van der Waals surface area contributed by atoms with Crippen molar-refractivity contribution in [2.24, 2.45) is 0 Å². The number of rotatable bonds is 10. The van der Waals surface area contributed by atoms with Crippen LogP contribution in [0.5, 0.6) is 5.75 Å². The number of carbonyl (C=O) groups is 1. The maximum Gasteiger partial charge on any atom is 0.197 e. The number of carbonyl (C=O) groups excluding carboxylic acids is 1. The third-order valence-electron chi connectivity index (χ3n) is 4.79. The molecule has 0 amide bonds. The largest absolute Gasteiger partial charge is 0.494 e. The number of fused-ring (bicyclic) bond motifs is 1. The second-order valence-electron chi connectivity index (χ2n) is 7.36. The summed E-state index contributed by atoms with van der Waals surface area (Å²) in [5, 5.41) is 0.891. The lowest BCUT2D eigenvalue weighted by molar-refractivity contribution is 0.103. The van der Waals surface area contributed by atoms with Gasteiger partial charge in [0.15, 0.2) is 5.78 Å². The van der Waals surface area contributed by atoms with Crippen molar-refractivity contribution in [2.75, 3.05) is 27.2 Å². The Kier molecular flexibility index (Phi) is 6.88. The number of unbranched alkanes of at least 4 members (excludes halogenated alkanes) is 1. The van der Waals surface area contributed by atoms with Gasteiger partial charge in [0.2, 0.25) is 0 Å². The fourth-order valence-electron chi connectivity index (χ4n) is 3.28. The molecule has 0 aliphatic carbocycles. The lowest BCUT2D eigenvalue weighted by Crippen LogP contribution is -2.15. The highest BCUT2D eigenvalue weighted by atomic mass is 16.5. The van der Waals surface area contributed by atoms with E-state index in [9.17, 15) is 4.79 Å². The molecule has 0 spiro atoms. The highest BCUT2D eigenvalue weighted by Gasteiger charge is 2.21. The van der Waals surface area contributed by atoms with E-state index in [1.807, 2.05) is 48.5 Å². The second kappa shape index (κ2) is 9.56. The summed E-state index contributed by atoms with van der Waals surface area (Å²) >= 11 is 0. The summed E-state index contributed by atoms with van der Waals surface area (Å²) < 4.78 is 11.8. The molecule has 0 saturated heterocycles. The monoisotopic (exact) mass is 379 g/mol. The smallest absolute Gasteiger partial charge is 0.197 e. The molecule has 148 valence electrons. The molecule has 0 fully saturated rings. The van der Waals surface area contributed by atoms with Crippen molar-refractivity contribution in [1.82, 2.24) is 4.90 Å². The number of furan rings is 1. The number of benzene rings is 2. The Hall–Kier alpha value is -2.59. The van der Waals surface area contributed by atoms with Crippen LogP contribution in [0.4, 0.5) is 0 Å². The van der Waals surface area contributed by atoms with Crippen LogP contribution in [0.1, 0.15) is 47.9 Å². The minimum Gasteiger partial charge on any atom is -0.494 e. The predicted octanol–water partition coefficient (Wildman–Crippen LogP) is 5.34. The van der Waals surface area contributed by atoms with Crippen LogP contribution in [0, 0.1) is 0 Å². The number of hydrogen-bond donors (Lipinski definition) is 0. The van der Waals surface area contributed by atoms with Crippen molar-refractivity contribution in [3.05, 3.63) is 65.4 Å². The van der Waals surface area contributed by atoms with Crippen molar-refractivity contribution in [1.29, 1.82) is 0 Å². The summed E-state index contributed by atoms with van der Waals surface area (Å²) in [4.78, 5) is 15.4. The molecular formula is C24H29NO3. The van der Waals surface area contributed by atoms with Gasteiger partial charge in [0.05, 0.1) is 12.2 Å². The second-order valence-corrected chi connectivity index (χ2v) is 7.36. The summed E-state index contributed by atoms with van der Waals surface area (Å²) in [5.41, 5.74) is 2.13. The lowest BCUT2D eigenvalue weighted by atomic mass is 9.98. The topological polar surface area (TPSA) is 42.7 Å². The Morgan fingerprint density at radius 1 is 1.04 bits per heavy atom. The number of hydrogen-bond acceptors (Lipinski definition) is 4. The molecule has 0 saturated carbocycles. The molecule has 0 aliphatic rings. The first-order chi connectivity index (χ1) is 13.6. The van der Waals surface area contributed by atoms with Gasteiger partial charge in [-0.1, -0.05) is 31.5 Å². The fourth-order valence-corrected chi connectivity index (χ4v) is 3.28. The zero-order valence-electron chi connectivity index (χ0n) is 17.0. The van der Waals surface area contributed by atoms with Gasteiger partial charge in [-0.3, -0.25) is 4.79 Å². The van der Waals surface area contributed by atoms with Crippen molar-refractivity contribution >= 4 is 16.8 Å². The molecule has 2 aromatic carbocycles. The Labute approximate surface area is 167 Å². The lowest BCUT2D eigenvalue weighted by Gasteiger charge is -2.10. The van der Waals surface area contributed by atoms with Crippen molar-refractivity contribution in [3.8, 4) is 5.75 Å². The highest BCUT2D eigenvalue weighted by molar-refractivity contribution is 6.16. The molecule has 4 heteroatoms. The molecule has 4 nitrogen and oxygen atoms in total. The van der Waals surface area contributed by atoms with Crippen molar-refractivity contribution in [3.63, 3.8) is 0 Å². The molecule has 0 radical (unpaired) electrons. The molecule has 1 heterocycles. The van der Waals surface area contributed by atoms with Crippen molar-refractivity contribution in [2.45, 2.75) is 32.6 Å². The first-order valence-corrected chi connectivity index (χ1v) is 10.0. The van der Waals surface area contributed by atoms with Crippen LogP contribution in [-0.4, -0.2) is 37.9 Å². The summed E-state index contributed by atoms with van der Waals surface area (Å²) in [7, 11) is 4.10. The number of para-hydroxylation sites is 1. The zero-order valence-corrected chi connectivity index (χ0v) is 17.0. The van der Waals surface area contributed by atoms with E-state index in [2.05, 4.69) is 25.9 Å². The molecule has 3 rings (SSSR count). The van der Waals surface area contributed by atoms with Gasteiger partial charge in [0.1, 0.15) is 17.1 Å². The quantitative estimate of drug-likeness (QED) is 0.352. The third-order valence-corrected chi connectivity index (χ3v) is 4.79. The van der Waals surface area contributed by atoms with Crippen LogP contribution in [-0.2, 0) is 6.42 Å². The average Bonchev–Trinajstić information content (AvgIpc) is 3.07. The molecule has 0 atom stereocenters. The molecular weight excluding hydrogens is 350 g/mol. The van der Waals surface area contributed by atoms with Gasteiger partial charge in [0.25, 0.3) is 0 Å². The summed E-state index contributed by atoms with van der Waals surface area (Å²) in [6.45, 7) is 3.80. The minimum atomic E-state index is 0.00945. The third kappa shape index (κ3) is 4.82. The molecule has 0 unspecified atom stereocenters. The minimum absolute atomic E-state index is 0.00945. The molecule has 0 aliphatic heterocycles. The van der Waals surface area contributed by atoms with E-state index in [4.69, 9.17) is 9.15 Å². The van der Waals surface area contributed by atoms with E-state index in [1.54, 1.807) is 0 Å². The summed E-state index contributed by atoms with van der Waals surface area (Å²) in [6.07, 6.45) is 3.80. The van der Waals surface area contributed by atoms with Crippen LogP contribution in [0.25, 0.3) is 11.0 Å². The number of ether oxygens (including phenoxy) is 1. The predicted molar refractivity (Wildman–Crippen MR) is 113 cm³/mol. The molecule has 1 aromatic heterocycles. The maximum atomic E-state index is 13.2. The van der Waals surface area contributed by atoms with Crippen LogP contribution in [0.2, 0.25) is 0 Å². The number of aryl methyl sites for hydroxylation is 1. The van der Waals surface area contributed by atoms with Gasteiger partial charge in [-0.15, -0.1) is 0 Å².